The number of alkyl halides is 3. The minimum absolute atomic E-state index is 0.106. The maximum Gasteiger partial charge on any atom is 0.416 e. The molecule has 108 valence electrons. The van der Waals surface area contributed by atoms with Crippen molar-refractivity contribution in [1.29, 1.82) is 0 Å². The smallest absolute Gasteiger partial charge is 0.398 e. The van der Waals surface area contributed by atoms with Crippen molar-refractivity contribution < 1.29 is 17.4 Å². The van der Waals surface area contributed by atoms with E-state index in [1.54, 1.807) is 0 Å². The summed E-state index contributed by atoms with van der Waals surface area (Å²) in [5.41, 5.74) is 4.64. The average Bonchev–Trinajstić information content (AvgIpc) is 2.73. The molecule has 1 atom stereocenters. The maximum absolute atomic E-state index is 12.5. The highest BCUT2D eigenvalue weighted by molar-refractivity contribution is 9.10. The second kappa shape index (κ2) is 5.87. The monoisotopic (exact) mass is 383 g/mol. The Morgan fingerprint density at radius 2 is 2.00 bits per heavy atom. The number of anilines is 1. The summed E-state index contributed by atoms with van der Waals surface area (Å²) in [6, 6.07) is 4.72. The molecule has 8 heteroatoms. The molecule has 0 radical (unpaired) electrons. The fourth-order valence-corrected chi connectivity index (χ4v) is 4.70. The van der Waals surface area contributed by atoms with Crippen molar-refractivity contribution >= 4 is 43.8 Å². The zero-order valence-electron chi connectivity index (χ0n) is 9.91. The van der Waals surface area contributed by atoms with Crippen LogP contribution < -0.4 is 5.73 Å². The molecule has 0 fully saturated rings. The van der Waals surface area contributed by atoms with Gasteiger partial charge in [-0.1, -0.05) is 0 Å². The van der Waals surface area contributed by atoms with E-state index in [1.165, 1.54) is 17.4 Å². The molecule has 0 aliphatic rings. The largest absolute Gasteiger partial charge is 0.416 e. The number of halogens is 4. The number of rotatable bonds is 3. The van der Waals surface area contributed by atoms with Crippen LogP contribution in [0.5, 0.6) is 0 Å². The third-order valence-corrected chi connectivity index (χ3v) is 6.06. The molecule has 2 aromatic rings. The highest BCUT2D eigenvalue weighted by Crippen LogP contribution is 2.33. The lowest BCUT2D eigenvalue weighted by molar-refractivity contribution is -0.137. The number of thiophene rings is 1. The molecule has 1 aromatic heterocycles. The van der Waals surface area contributed by atoms with Gasteiger partial charge in [-0.15, -0.1) is 11.3 Å². The summed E-state index contributed by atoms with van der Waals surface area (Å²) >= 11 is 4.74. The second-order valence-electron chi connectivity index (χ2n) is 3.93. The summed E-state index contributed by atoms with van der Waals surface area (Å²) < 4.78 is 50.6. The molecule has 2 N–H and O–H groups in total. The van der Waals surface area contributed by atoms with Crippen molar-refractivity contribution in [3.05, 3.63) is 44.6 Å². The van der Waals surface area contributed by atoms with Crippen molar-refractivity contribution in [2.75, 3.05) is 5.73 Å². The third kappa shape index (κ3) is 3.42. The van der Waals surface area contributed by atoms with Crippen LogP contribution in [0, 0.1) is 0 Å². The number of benzene rings is 1. The van der Waals surface area contributed by atoms with Crippen LogP contribution in [0.1, 0.15) is 10.4 Å². The van der Waals surface area contributed by atoms with Crippen molar-refractivity contribution in [3.63, 3.8) is 0 Å². The Morgan fingerprint density at radius 3 is 2.50 bits per heavy atom. The second-order valence-corrected chi connectivity index (χ2v) is 7.21. The molecule has 0 aliphatic heterocycles. The van der Waals surface area contributed by atoms with E-state index in [0.717, 1.165) is 21.5 Å². The fraction of sp³-hybridized carbons (Fsp3) is 0.167. The summed E-state index contributed by atoms with van der Waals surface area (Å²) in [7, 11) is -1.48. The van der Waals surface area contributed by atoms with Crippen LogP contribution in [0.15, 0.2) is 39.0 Å². The average molecular weight is 384 g/mol. The van der Waals surface area contributed by atoms with Gasteiger partial charge in [-0.05, 0) is 45.6 Å². The molecular formula is C12H9BrF3NOS2. The first-order valence-corrected chi connectivity index (χ1v) is 8.35. The van der Waals surface area contributed by atoms with Gasteiger partial charge in [0, 0.05) is 15.0 Å². The van der Waals surface area contributed by atoms with E-state index >= 15 is 0 Å². The highest BCUT2D eigenvalue weighted by atomic mass is 79.9. The van der Waals surface area contributed by atoms with E-state index in [-0.39, 0.29) is 16.3 Å². The van der Waals surface area contributed by atoms with Crippen LogP contribution in [-0.2, 0) is 22.7 Å². The Labute approximate surface area is 128 Å². The Kier molecular flexibility index (Phi) is 4.55. The number of hydrogen-bond donors (Lipinski definition) is 1. The maximum atomic E-state index is 12.5. The van der Waals surface area contributed by atoms with Crippen LogP contribution >= 0.6 is 27.3 Å². The number of nitrogen functional groups attached to an aromatic ring is 1. The van der Waals surface area contributed by atoms with Gasteiger partial charge in [0.1, 0.15) is 0 Å². The van der Waals surface area contributed by atoms with Crippen LogP contribution in [0.2, 0.25) is 0 Å². The van der Waals surface area contributed by atoms with Gasteiger partial charge >= 0.3 is 6.18 Å². The molecule has 0 bridgehead atoms. The van der Waals surface area contributed by atoms with E-state index in [2.05, 4.69) is 15.9 Å². The van der Waals surface area contributed by atoms with E-state index in [9.17, 15) is 17.4 Å². The van der Waals surface area contributed by atoms with Crippen molar-refractivity contribution in [2.45, 2.75) is 16.8 Å². The van der Waals surface area contributed by atoms with Crippen molar-refractivity contribution in [1.82, 2.24) is 0 Å². The van der Waals surface area contributed by atoms with Gasteiger partial charge < -0.3 is 5.73 Å². The number of nitrogens with two attached hydrogens (primary N) is 1. The predicted octanol–water partition coefficient (Wildman–Crippen LogP) is 4.42. The van der Waals surface area contributed by atoms with E-state index in [1.807, 2.05) is 11.4 Å². The molecule has 2 nitrogen and oxygen atoms in total. The summed E-state index contributed by atoms with van der Waals surface area (Å²) in [6.07, 6.45) is -4.45. The van der Waals surface area contributed by atoms with Crippen LogP contribution in [0.4, 0.5) is 18.9 Å². The molecule has 20 heavy (non-hydrogen) atoms. The molecule has 1 unspecified atom stereocenters. The number of hydrogen-bond acceptors (Lipinski definition) is 3. The van der Waals surface area contributed by atoms with Crippen LogP contribution in [-0.4, -0.2) is 4.21 Å². The molecule has 0 saturated carbocycles. The Balaban J connectivity index is 2.25. The molecule has 0 saturated heterocycles. The van der Waals surface area contributed by atoms with Crippen LogP contribution in [0.3, 0.4) is 0 Å². The molecule has 1 heterocycles. The quantitative estimate of drug-likeness (QED) is 0.797. The van der Waals surface area contributed by atoms with Gasteiger partial charge in [0.05, 0.1) is 27.0 Å². The zero-order valence-corrected chi connectivity index (χ0v) is 13.1. The molecule has 1 aromatic carbocycles. The fourth-order valence-electron chi connectivity index (χ4n) is 1.56. The first-order valence-electron chi connectivity index (χ1n) is 5.36. The molecule has 2 rings (SSSR count). The van der Waals surface area contributed by atoms with Gasteiger partial charge in [0.15, 0.2) is 0 Å². The Bertz CT molecular complexity index is 654. The third-order valence-electron chi connectivity index (χ3n) is 2.54. The summed E-state index contributed by atoms with van der Waals surface area (Å²) in [5.74, 6) is 0.216. The molecular weight excluding hydrogens is 375 g/mol. The van der Waals surface area contributed by atoms with Gasteiger partial charge in [-0.25, -0.2) is 0 Å². The van der Waals surface area contributed by atoms with Crippen LogP contribution in [0.25, 0.3) is 0 Å². The SMILES string of the molecule is Nc1cc(C(F)(F)F)ccc1S(=O)Cc1sccc1Br. The highest BCUT2D eigenvalue weighted by Gasteiger charge is 2.31. The zero-order chi connectivity index (χ0) is 14.9. The first kappa shape index (κ1) is 15.5. The lowest BCUT2D eigenvalue weighted by Gasteiger charge is -2.10. The van der Waals surface area contributed by atoms with Crippen molar-refractivity contribution in [2.24, 2.45) is 0 Å². The molecule has 0 spiro atoms. The van der Waals surface area contributed by atoms with E-state index < -0.39 is 22.5 Å². The molecule has 0 amide bonds. The lowest BCUT2D eigenvalue weighted by Crippen LogP contribution is -2.08. The summed E-state index contributed by atoms with van der Waals surface area (Å²) in [5, 5.41) is 1.84. The van der Waals surface area contributed by atoms with Gasteiger partial charge in [-0.2, -0.15) is 13.2 Å². The predicted molar refractivity (Wildman–Crippen MR) is 78.0 cm³/mol. The first-order chi connectivity index (χ1) is 9.29. The van der Waals surface area contributed by atoms with Crippen molar-refractivity contribution in [3.8, 4) is 0 Å². The minimum Gasteiger partial charge on any atom is -0.398 e. The Morgan fingerprint density at radius 1 is 1.30 bits per heavy atom. The Hall–Kier alpha value is -0.860. The van der Waals surface area contributed by atoms with Gasteiger partial charge in [-0.3, -0.25) is 4.21 Å². The summed E-state index contributed by atoms with van der Waals surface area (Å²) in [4.78, 5) is 1.08. The standard InChI is InChI=1S/C12H9BrF3NOS2/c13-8-3-4-19-10(8)6-20(18)11-2-1-7(5-9(11)17)12(14,15)16/h1-5H,6,17H2. The topological polar surface area (TPSA) is 43.1 Å². The van der Waals surface area contributed by atoms with Gasteiger partial charge in [0.2, 0.25) is 0 Å². The minimum atomic E-state index is -4.45. The molecule has 0 aliphatic carbocycles. The lowest BCUT2D eigenvalue weighted by atomic mass is 10.2. The van der Waals surface area contributed by atoms with E-state index in [4.69, 9.17) is 5.73 Å². The summed E-state index contributed by atoms with van der Waals surface area (Å²) in [6.45, 7) is 0. The van der Waals surface area contributed by atoms with Gasteiger partial charge in [0.25, 0.3) is 0 Å². The van der Waals surface area contributed by atoms with E-state index in [0.29, 0.717) is 0 Å². The normalized spacial score (nSPS) is 13.4.